The number of likely N-dealkylation sites (tertiary alicyclic amines) is 1. The number of piperidine rings is 1. The van der Waals surface area contributed by atoms with Crippen LogP contribution in [-0.4, -0.2) is 63.2 Å². The molecule has 1 rings (SSSR count). The maximum Gasteiger partial charge on any atom is 0.0700 e. The lowest BCUT2D eigenvalue weighted by Crippen LogP contribution is -2.37. The molecule has 0 radical (unpaired) electrons. The quantitative estimate of drug-likeness (QED) is 0.626. The van der Waals surface area contributed by atoms with Gasteiger partial charge in [-0.15, -0.1) is 0 Å². The second kappa shape index (κ2) is 8.93. The molecule has 4 nitrogen and oxygen atoms in total. The third kappa shape index (κ3) is 5.80. The fourth-order valence-corrected chi connectivity index (χ4v) is 2.21. The van der Waals surface area contributed by atoms with Crippen LogP contribution in [0.2, 0.25) is 0 Å². The van der Waals surface area contributed by atoms with Crippen molar-refractivity contribution in [1.82, 2.24) is 4.90 Å². The van der Waals surface area contributed by atoms with E-state index < -0.39 is 0 Å². The van der Waals surface area contributed by atoms with E-state index in [4.69, 9.17) is 14.6 Å². The summed E-state index contributed by atoms with van der Waals surface area (Å²) >= 11 is 0. The number of methoxy groups -OCH3 is 1. The van der Waals surface area contributed by atoms with E-state index in [9.17, 15) is 0 Å². The Kier molecular flexibility index (Phi) is 7.76. The molecule has 0 amide bonds. The Hall–Kier alpha value is -0.160. The molecule has 16 heavy (non-hydrogen) atoms. The van der Waals surface area contributed by atoms with Gasteiger partial charge in [-0.05, 0) is 31.7 Å². The highest BCUT2D eigenvalue weighted by molar-refractivity contribution is 4.72. The normalized spacial score (nSPS) is 22.5. The maximum atomic E-state index is 8.92. The molecule has 1 fully saturated rings. The van der Waals surface area contributed by atoms with Gasteiger partial charge in [-0.3, -0.25) is 0 Å². The highest BCUT2D eigenvalue weighted by Crippen LogP contribution is 2.18. The number of nitrogens with zero attached hydrogens (tertiary/aromatic N) is 1. The van der Waals surface area contributed by atoms with Gasteiger partial charge in [0.2, 0.25) is 0 Å². The molecule has 1 aliphatic rings. The lowest BCUT2D eigenvalue weighted by Gasteiger charge is -2.32. The fourth-order valence-electron chi connectivity index (χ4n) is 2.21. The first-order chi connectivity index (χ1) is 7.86. The molecule has 4 heteroatoms. The summed E-state index contributed by atoms with van der Waals surface area (Å²) in [6.07, 6.45) is 3.46. The van der Waals surface area contributed by atoms with Crippen LogP contribution >= 0.6 is 0 Å². The predicted octanol–water partition coefficient (Wildman–Crippen LogP) is 0.744. The molecule has 0 saturated carbocycles. The summed E-state index contributed by atoms with van der Waals surface area (Å²) in [4.78, 5) is 2.44. The molecule has 0 bridgehead atoms. The summed E-state index contributed by atoms with van der Waals surface area (Å²) in [5.74, 6) is 0.678. The third-order valence-electron chi connectivity index (χ3n) is 3.12. The van der Waals surface area contributed by atoms with Crippen LogP contribution in [0.1, 0.15) is 19.3 Å². The number of hydrogen-bond donors (Lipinski definition) is 1. The number of aliphatic hydroxyl groups excluding tert-OH is 1. The molecule has 1 N–H and O–H groups in total. The second-order valence-corrected chi connectivity index (χ2v) is 4.43. The summed E-state index contributed by atoms with van der Waals surface area (Å²) in [6, 6.07) is 0. The highest BCUT2D eigenvalue weighted by Gasteiger charge is 2.18. The number of ether oxygens (including phenoxy) is 2. The average molecular weight is 231 g/mol. The van der Waals surface area contributed by atoms with Crippen LogP contribution < -0.4 is 0 Å². The largest absolute Gasteiger partial charge is 0.396 e. The van der Waals surface area contributed by atoms with E-state index in [1.807, 2.05) is 0 Å². The molecule has 1 aliphatic heterocycles. The van der Waals surface area contributed by atoms with E-state index >= 15 is 0 Å². The van der Waals surface area contributed by atoms with E-state index in [0.29, 0.717) is 25.7 Å². The van der Waals surface area contributed by atoms with Gasteiger partial charge < -0.3 is 19.5 Å². The molecule has 1 saturated heterocycles. The summed E-state index contributed by atoms with van der Waals surface area (Å²) in [7, 11) is 1.69. The first-order valence-electron chi connectivity index (χ1n) is 6.26. The van der Waals surface area contributed by atoms with Gasteiger partial charge in [0.15, 0.2) is 0 Å². The number of aliphatic hydroxyl groups is 1. The number of hydrogen-bond acceptors (Lipinski definition) is 4. The van der Waals surface area contributed by atoms with E-state index in [0.717, 1.165) is 26.1 Å². The van der Waals surface area contributed by atoms with Crippen molar-refractivity contribution in [2.75, 3.05) is 53.2 Å². The van der Waals surface area contributed by atoms with Crippen molar-refractivity contribution in [3.63, 3.8) is 0 Å². The first-order valence-corrected chi connectivity index (χ1v) is 6.26. The van der Waals surface area contributed by atoms with Crippen molar-refractivity contribution in [3.8, 4) is 0 Å². The molecule has 96 valence electrons. The van der Waals surface area contributed by atoms with Crippen molar-refractivity contribution in [1.29, 1.82) is 0 Å². The predicted molar refractivity (Wildman–Crippen MR) is 63.6 cm³/mol. The van der Waals surface area contributed by atoms with Crippen LogP contribution in [0.5, 0.6) is 0 Å². The summed E-state index contributed by atoms with van der Waals surface area (Å²) in [5.41, 5.74) is 0. The Labute approximate surface area is 98.5 Å². The Morgan fingerprint density at radius 1 is 1.31 bits per heavy atom. The molecule has 1 unspecified atom stereocenters. The molecule has 1 heterocycles. The Bertz CT molecular complexity index is 164. The Morgan fingerprint density at radius 3 is 2.94 bits per heavy atom. The lowest BCUT2D eigenvalue weighted by atomic mass is 9.95. The molecule has 0 aromatic carbocycles. The SMILES string of the molecule is COCCOCCN1CCCC(CCO)C1. The standard InChI is InChI=1S/C12H25NO3/c1-15-9-10-16-8-6-13-5-2-3-12(11-13)4-7-14/h12,14H,2-11H2,1H3. The Morgan fingerprint density at radius 2 is 2.19 bits per heavy atom. The van der Waals surface area contributed by atoms with Crippen LogP contribution in [0, 0.1) is 5.92 Å². The minimum Gasteiger partial charge on any atom is -0.396 e. The Balaban J connectivity index is 2.02. The lowest BCUT2D eigenvalue weighted by molar-refractivity contribution is 0.0477. The van der Waals surface area contributed by atoms with Crippen molar-refractivity contribution in [2.45, 2.75) is 19.3 Å². The smallest absolute Gasteiger partial charge is 0.0700 e. The van der Waals surface area contributed by atoms with Gasteiger partial charge in [0.25, 0.3) is 0 Å². The van der Waals surface area contributed by atoms with Gasteiger partial charge in [-0.1, -0.05) is 0 Å². The van der Waals surface area contributed by atoms with E-state index in [1.54, 1.807) is 7.11 Å². The molecular weight excluding hydrogens is 206 g/mol. The van der Waals surface area contributed by atoms with E-state index in [2.05, 4.69) is 4.90 Å². The van der Waals surface area contributed by atoms with Crippen molar-refractivity contribution >= 4 is 0 Å². The number of rotatable bonds is 8. The van der Waals surface area contributed by atoms with Gasteiger partial charge in [-0.2, -0.15) is 0 Å². The van der Waals surface area contributed by atoms with Gasteiger partial charge in [-0.25, -0.2) is 0 Å². The van der Waals surface area contributed by atoms with Crippen LogP contribution in [0.15, 0.2) is 0 Å². The highest BCUT2D eigenvalue weighted by atomic mass is 16.5. The van der Waals surface area contributed by atoms with Crippen molar-refractivity contribution in [3.05, 3.63) is 0 Å². The zero-order valence-corrected chi connectivity index (χ0v) is 10.4. The second-order valence-electron chi connectivity index (χ2n) is 4.43. The van der Waals surface area contributed by atoms with Gasteiger partial charge in [0.1, 0.15) is 0 Å². The summed E-state index contributed by atoms with van der Waals surface area (Å²) in [6.45, 7) is 5.77. The van der Waals surface area contributed by atoms with Crippen molar-refractivity contribution in [2.24, 2.45) is 5.92 Å². The van der Waals surface area contributed by atoms with Crippen LogP contribution in [0.4, 0.5) is 0 Å². The average Bonchev–Trinajstić information content (AvgIpc) is 2.30. The van der Waals surface area contributed by atoms with E-state index in [-0.39, 0.29) is 0 Å². The molecule has 0 spiro atoms. The summed E-state index contributed by atoms with van der Waals surface area (Å²) in [5, 5.41) is 8.92. The first kappa shape index (κ1) is 13.9. The molecule has 0 aromatic heterocycles. The molecular formula is C12H25NO3. The fraction of sp³-hybridized carbons (Fsp3) is 1.00. The van der Waals surface area contributed by atoms with Crippen LogP contribution in [0.3, 0.4) is 0 Å². The maximum absolute atomic E-state index is 8.92. The molecule has 0 aliphatic carbocycles. The topological polar surface area (TPSA) is 41.9 Å². The van der Waals surface area contributed by atoms with E-state index in [1.165, 1.54) is 19.4 Å². The minimum atomic E-state index is 0.322. The van der Waals surface area contributed by atoms with Crippen LogP contribution in [0.25, 0.3) is 0 Å². The van der Waals surface area contributed by atoms with Crippen LogP contribution in [-0.2, 0) is 9.47 Å². The monoisotopic (exact) mass is 231 g/mol. The zero-order valence-electron chi connectivity index (χ0n) is 10.4. The van der Waals surface area contributed by atoms with Crippen molar-refractivity contribution < 1.29 is 14.6 Å². The van der Waals surface area contributed by atoms with Gasteiger partial charge in [0, 0.05) is 26.8 Å². The molecule has 0 aromatic rings. The minimum absolute atomic E-state index is 0.322. The summed E-state index contributed by atoms with van der Waals surface area (Å²) < 4.78 is 10.4. The van der Waals surface area contributed by atoms with Gasteiger partial charge in [0.05, 0.1) is 19.8 Å². The molecule has 1 atom stereocenters. The van der Waals surface area contributed by atoms with Gasteiger partial charge >= 0.3 is 0 Å². The third-order valence-corrected chi connectivity index (χ3v) is 3.12. The zero-order chi connectivity index (χ0) is 11.6.